The molecule has 0 aliphatic carbocycles. The van der Waals surface area contributed by atoms with Crippen molar-refractivity contribution in [1.29, 1.82) is 0 Å². The first-order valence-electron chi connectivity index (χ1n) is 5.81. The lowest BCUT2D eigenvalue weighted by atomic mass is 10.4. The van der Waals surface area contributed by atoms with Crippen LogP contribution in [0.3, 0.4) is 0 Å². The van der Waals surface area contributed by atoms with E-state index in [1.165, 1.54) is 0 Å². The quantitative estimate of drug-likeness (QED) is 0.331. The van der Waals surface area contributed by atoms with Crippen LogP contribution in [0.5, 0.6) is 0 Å². The Morgan fingerprint density at radius 3 is 1.40 bits per heavy atom. The van der Waals surface area contributed by atoms with E-state index in [-0.39, 0.29) is 26.4 Å². The molecule has 0 fully saturated rings. The molecular formula is C13H22O7. The summed E-state index contributed by atoms with van der Waals surface area (Å²) < 4.78 is 9.38. The Kier molecular flexibility index (Phi) is 12.7. The summed E-state index contributed by atoms with van der Waals surface area (Å²) in [7, 11) is 0. The van der Waals surface area contributed by atoms with Crippen molar-refractivity contribution in [3.8, 4) is 0 Å². The van der Waals surface area contributed by atoms with Gasteiger partial charge < -0.3 is 24.8 Å². The molecule has 0 bridgehead atoms. The van der Waals surface area contributed by atoms with Crippen molar-refractivity contribution in [3.63, 3.8) is 0 Å². The number of esters is 2. The molecule has 0 unspecified atom stereocenters. The molecule has 0 heterocycles. The highest BCUT2D eigenvalue weighted by atomic mass is 16.6. The SMILES string of the molecule is C=C(C)C(=O)OCCOC(=O)C(=C)C.OCC(O)CO. The monoisotopic (exact) mass is 290 g/mol. The summed E-state index contributed by atoms with van der Waals surface area (Å²) in [6.07, 6.45) is -0.954. The Balaban J connectivity index is 0. The fourth-order valence-electron chi connectivity index (χ4n) is 0.573. The lowest BCUT2D eigenvalue weighted by Gasteiger charge is -2.05. The van der Waals surface area contributed by atoms with Crippen LogP contribution in [-0.4, -0.2) is 59.8 Å². The third-order valence-electron chi connectivity index (χ3n) is 1.67. The minimum atomic E-state index is -0.954. The fourth-order valence-corrected chi connectivity index (χ4v) is 0.573. The van der Waals surface area contributed by atoms with Crippen molar-refractivity contribution in [2.45, 2.75) is 20.0 Å². The number of hydrogen-bond acceptors (Lipinski definition) is 7. The molecule has 7 heteroatoms. The van der Waals surface area contributed by atoms with Gasteiger partial charge in [0.15, 0.2) is 0 Å². The Morgan fingerprint density at radius 1 is 0.950 bits per heavy atom. The van der Waals surface area contributed by atoms with E-state index in [0.29, 0.717) is 11.1 Å². The zero-order valence-corrected chi connectivity index (χ0v) is 11.8. The van der Waals surface area contributed by atoms with Crippen LogP contribution in [0.2, 0.25) is 0 Å². The molecule has 0 atom stereocenters. The molecule has 0 saturated heterocycles. The maximum absolute atomic E-state index is 10.8. The molecule has 0 amide bonds. The van der Waals surface area contributed by atoms with Gasteiger partial charge in [-0.1, -0.05) is 13.2 Å². The van der Waals surface area contributed by atoms with Gasteiger partial charge in [-0.25, -0.2) is 9.59 Å². The smallest absolute Gasteiger partial charge is 0.333 e. The summed E-state index contributed by atoms with van der Waals surface area (Å²) in [5.74, 6) is -0.979. The number of ether oxygens (including phenoxy) is 2. The van der Waals surface area contributed by atoms with Gasteiger partial charge in [-0.05, 0) is 13.8 Å². The lowest BCUT2D eigenvalue weighted by molar-refractivity contribution is -0.147. The molecule has 0 saturated carbocycles. The largest absolute Gasteiger partial charge is 0.459 e. The standard InChI is InChI=1S/C10H14O4.C3H8O3/c1-7(2)9(11)13-5-6-14-10(12)8(3)4;4-1-3(6)2-5/h1,3,5-6H2,2,4H3;3-6H,1-2H2. The Labute approximate surface area is 118 Å². The molecule has 0 aromatic heterocycles. The molecule has 0 rings (SSSR count). The third kappa shape index (κ3) is 12.7. The van der Waals surface area contributed by atoms with Gasteiger partial charge in [0.05, 0.1) is 13.2 Å². The highest BCUT2D eigenvalue weighted by molar-refractivity contribution is 5.87. The highest BCUT2D eigenvalue weighted by Crippen LogP contribution is 1.94. The first-order valence-corrected chi connectivity index (χ1v) is 5.81. The van der Waals surface area contributed by atoms with E-state index in [1.807, 2.05) is 0 Å². The van der Waals surface area contributed by atoms with Crippen LogP contribution in [0.25, 0.3) is 0 Å². The average Bonchev–Trinajstić information content (AvgIpc) is 2.42. The number of aliphatic hydroxyl groups excluding tert-OH is 3. The molecule has 20 heavy (non-hydrogen) atoms. The minimum Gasteiger partial charge on any atom is -0.459 e. The van der Waals surface area contributed by atoms with E-state index in [0.717, 1.165) is 0 Å². The van der Waals surface area contributed by atoms with Crippen LogP contribution in [0.15, 0.2) is 24.3 Å². The normalized spacial score (nSPS) is 9.30. The van der Waals surface area contributed by atoms with Gasteiger partial charge in [0.2, 0.25) is 0 Å². The Hall–Kier alpha value is -1.70. The molecule has 3 N–H and O–H groups in total. The van der Waals surface area contributed by atoms with Gasteiger partial charge in [-0.15, -0.1) is 0 Å². The number of rotatable bonds is 7. The maximum Gasteiger partial charge on any atom is 0.333 e. The molecule has 0 aromatic rings. The summed E-state index contributed by atoms with van der Waals surface area (Å²) in [5.41, 5.74) is 0.632. The van der Waals surface area contributed by atoms with E-state index in [1.54, 1.807) is 13.8 Å². The second-order valence-corrected chi connectivity index (χ2v) is 3.85. The molecule has 0 radical (unpaired) electrons. The van der Waals surface area contributed by atoms with E-state index in [4.69, 9.17) is 15.3 Å². The summed E-state index contributed by atoms with van der Waals surface area (Å²) in [5, 5.41) is 24.0. The maximum atomic E-state index is 10.8. The second-order valence-electron chi connectivity index (χ2n) is 3.85. The van der Waals surface area contributed by atoms with Crippen LogP contribution >= 0.6 is 0 Å². The highest BCUT2D eigenvalue weighted by Gasteiger charge is 2.05. The van der Waals surface area contributed by atoms with E-state index in [2.05, 4.69) is 22.6 Å². The van der Waals surface area contributed by atoms with Gasteiger partial charge in [0.25, 0.3) is 0 Å². The van der Waals surface area contributed by atoms with E-state index in [9.17, 15) is 9.59 Å². The second kappa shape index (κ2) is 12.3. The van der Waals surface area contributed by atoms with Crippen molar-refractivity contribution >= 4 is 11.9 Å². The molecule has 7 nitrogen and oxygen atoms in total. The topological polar surface area (TPSA) is 113 Å². The van der Waals surface area contributed by atoms with Crippen molar-refractivity contribution < 1.29 is 34.4 Å². The Bertz CT molecular complexity index is 304. The predicted molar refractivity (Wildman–Crippen MR) is 71.7 cm³/mol. The Morgan fingerprint density at radius 2 is 1.25 bits per heavy atom. The third-order valence-corrected chi connectivity index (χ3v) is 1.67. The van der Waals surface area contributed by atoms with Crippen molar-refractivity contribution in [1.82, 2.24) is 0 Å². The first-order chi connectivity index (χ1) is 9.26. The average molecular weight is 290 g/mol. The van der Waals surface area contributed by atoms with Crippen molar-refractivity contribution in [2.24, 2.45) is 0 Å². The van der Waals surface area contributed by atoms with Crippen LogP contribution in [0, 0.1) is 0 Å². The minimum absolute atomic E-state index is 0.0325. The van der Waals surface area contributed by atoms with Crippen LogP contribution in [0.4, 0.5) is 0 Å². The summed E-state index contributed by atoms with van der Waals surface area (Å²) in [4.78, 5) is 21.7. The number of carbonyl (C=O) groups is 2. The van der Waals surface area contributed by atoms with Crippen LogP contribution in [0.1, 0.15) is 13.8 Å². The van der Waals surface area contributed by atoms with E-state index < -0.39 is 18.0 Å². The fraction of sp³-hybridized carbons (Fsp3) is 0.538. The number of hydrogen-bond donors (Lipinski definition) is 3. The summed E-state index contributed by atoms with van der Waals surface area (Å²) in [6.45, 7) is 9.22. The number of carbonyl (C=O) groups excluding carboxylic acids is 2. The molecule has 116 valence electrons. The van der Waals surface area contributed by atoms with Gasteiger partial charge in [0.1, 0.15) is 19.3 Å². The van der Waals surface area contributed by atoms with Gasteiger partial charge in [0, 0.05) is 11.1 Å². The summed E-state index contributed by atoms with van der Waals surface area (Å²) in [6, 6.07) is 0. The number of aliphatic hydroxyl groups is 3. The van der Waals surface area contributed by atoms with Crippen LogP contribution < -0.4 is 0 Å². The molecule has 0 aromatic carbocycles. The van der Waals surface area contributed by atoms with Crippen LogP contribution in [-0.2, 0) is 19.1 Å². The summed E-state index contributed by atoms with van der Waals surface area (Å²) >= 11 is 0. The zero-order chi connectivity index (χ0) is 16.1. The zero-order valence-electron chi connectivity index (χ0n) is 11.8. The molecule has 0 aliphatic heterocycles. The first kappa shape index (κ1) is 20.6. The van der Waals surface area contributed by atoms with E-state index >= 15 is 0 Å². The van der Waals surface area contributed by atoms with Gasteiger partial charge >= 0.3 is 11.9 Å². The molecular weight excluding hydrogens is 268 g/mol. The molecule has 0 aliphatic rings. The molecule has 0 spiro atoms. The predicted octanol–water partition coefficient (Wildman–Crippen LogP) is -0.443. The van der Waals surface area contributed by atoms with Gasteiger partial charge in [-0.3, -0.25) is 0 Å². The van der Waals surface area contributed by atoms with Crippen molar-refractivity contribution in [3.05, 3.63) is 24.3 Å². The van der Waals surface area contributed by atoms with Gasteiger partial charge in [-0.2, -0.15) is 0 Å². The lowest BCUT2D eigenvalue weighted by Crippen LogP contribution is -2.15. The van der Waals surface area contributed by atoms with Crippen molar-refractivity contribution in [2.75, 3.05) is 26.4 Å².